The Bertz CT molecular complexity index is 1400. The van der Waals surface area contributed by atoms with Crippen molar-refractivity contribution in [1.29, 1.82) is 0 Å². The number of nitrogens with zero attached hydrogens (tertiary/aromatic N) is 1. The minimum Gasteiger partial charge on any atom is -0.489 e. The fourth-order valence-electron chi connectivity index (χ4n) is 4.06. The number of hydrogen-bond donors (Lipinski definition) is 1. The number of hydrogen-bond acceptors (Lipinski definition) is 3. The first-order valence-corrected chi connectivity index (χ1v) is 13.7. The first-order chi connectivity index (χ1) is 18.3. The molecule has 0 spiro atoms. The Hall–Kier alpha value is -3.74. The van der Waals surface area contributed by atoms with Crippen LogP contribution in [-0.4, -0.2) is 26.1 Å². The summed E-state index contributed by atoms with van der Waals surface area (Å²) >= 11 is 0. The second-order valence-corrected chi connectivity index (χ2v) is 11.0. The van der Waals surface area contributed by atoms with Gasteiger partial charge in [-0.15, -0.1) is 0 Å². The van der Waals surface area contributed by atoms with Crippen molar-refractivity contribution in [2.24, 2.45) is 0 Å². The lowest BCUT2D eigenvalue weighted by Gasteiger charge is -2.22. The molecule has 4 aromatic rings. The Kier molecular flexibility index (Phi) is 9.10. The molecule has 0 aliphatic carbocycles. The number of carbonyl (C=O) groups is 1. The monoisotopic (exact) mass is 527 g/mol. The Morgan fingerprint density at radius 1 is 0.789 bits per heavy atom. The highest BCUT2D eigenvalue weighted by Crippen LogP contribution is 2.21. The highest BCUT2D eigenvalue weighted by molar-refractivity contribution is 7.82. The van der Waals surface area contributed by atoms with Gasteiger partial charge in [0.1, 0.15) is 23.3 Å². The van der Waals surface area contributed by atoms with Gasteiger partial charge in [0.15, 0.2) is 0 Å². The second-order valence-electron chi connectivity index (χ2n) is 9.55. The Morgan fingerprint density at radius 2 is 1.37 bits per heavy atom. The topological polar surface area (TPSA) is 66.8 Å². The predicted octanol–water partition coefficient (Wildman–Crippen LogP) is 6.66. The molecule has 38 heavy (non-hydrogen) atoms. The third-order valence-electron chi connectivity index (χ3n) is 6.45. The molecule has 0 fully saturated rings. The molecule has 0 radical (unpaired) electrons. The number of carboxylic acids is 1. The fraction of sp³-hybridized carbons (Fsp3) is 0.219. The number of carboxylic acid groups (broad SMARTS) is 1. The van der Waals surface area contributed by atoms with Gasteiger partial charge in [-0.25, -0.2) is 13.3 Å². The molecule has 0 saturated carbocycles. The van der Waals surface area contributed by atoms with Crippen molar-refractivity contribution in [1.82, 2.24) is 4.31 Å². The zero-order chi connectivity index (χ0) is 27.1. The minimum atomic E-state index is -1.52. The molecule has 1 unspecified atom stereocenters. The van der Waals surface area contributed by atoms with E-state index in [1.165, 1.54) is 11.6 Å². The Balaban J connectivity index is 1.45. The van der Waals surface area contributed by atoms with Gasteiger partial charge in [0.25, 0.3) is 0 Å². The maximum absolute atomic E-state index is 13.6. The molecule has 1 atom stereocenters. The fourth-order valence-corrected chi connectivity index (χ4v) is 5.29. The van der Waals surface area contributed by atoms with Crippen molar-refractivity contribution < 1.29 is 18.8 Å². The summed E-state index contributed by atoms with van der Waals surface area (Å²) in [7, 11) is -1.52. The quantitative estimate of drug-likeness (QED) is 0.237. The molecule has 0 bridgehead atoms. The summed E-state index contributed by atoms with van der Waals surface area (Å²) in [6.45, 7) is 7.38. The molecule has 196 valence electrons. The van der Waals surface area contributed by atoms with Crippen molar-refractivity contribution in [3.8, 4) is 5.75 Å². The van der Waals surface area contributed by atoms with Crippen LogP contribution in [-0.2, 0) is 30.6 Å². The Labute approximate surface area is 227 Å². The third kappa shape index (κ3) is 7.40. The molecule has 0 aliphatic rings. The number of benzene rings is 4. The maximum Gasteiger partial charge on any atom is 0.335 e. The largest absolute Gasteiger partial charge is 0.489 e. The molecule has 4 aromatic carbocycles. The van der Waals surface area contributed by atoms with E-state index in [0.29, 0.717) is 36.6 Å². The van der Waals surface area contributed by atoms with E-state index in [9.17, 15) is 14.1 Å². The van der Waals surface area contributed by atoms with Gasteiger partial charge in [-0.1, -0.05) is 77.9 Å². The van der Waals surface area contributed by atoms with E-state index in [0.717, 1.165) is 28.0 Å². The van der Waals surface area contributed by atoms with E-state index in [1.54, 1.807) is 19.1 Å². The summed E-state index contributed by atoms with van der Waals surface area (Å²) in [6, 6.07) is 29.4. The predicted molar refractivity (Wildman–Crippen MR) is 152 cm³/mol. The summed E-state index contributed by atoms with van der Waals surface area (Å²) in [5, 5.41) is 9.54. The van der Waals surface area contributed by atoms with Crippen LogP contribution in [0.2, 0.25) is 0 Å². The molecule has 6 heteroatoms. The highest BCUT2D eigenvalue weighted by Gasteiger charge is 2.19. The van der Waals surface area contributed by atoms with Crippen LogP contribution in [0.3, 0.4) is 0 Å². The average molecular weight is 528 g/mol. The normalized spacial score (nSPS) is 11.9. The van der Waals surface area contributed by atoms with Crippen LogP contribution in [0, 0.1) is 20.8 Å². The van der Waals surface area contributed by atoms with Crippen LogP contribution >= 0.6 is 0 Å². The summed E-state index contributed by atoms with van der Waals surface area (Å²) in [5.41, 5.74) is 6.48. The van der Waals surface area contributed by atoms with Gasteiger partial charge >= 0.3 is 5.97 Å². The van der Waals surface area contributed by atoms with E-state index >= 15 is 0 Å². The van der Waals surface area contributed by atoms with Crippen LogP contribution in [0.4, 0.5) is 0 Å². The van der Waals surface area contributed by atoms with Gasteiger partial charge in [0.2, 0.25) is 0 Å². The van der Waals surface area contributed by atoms with Gasteiger partial charge in [0.05, 0.1) is 10.5 Å². The van der Waals surface area contributed by atoms with E-state index in [1.807, 2.05) is 59.8 Å². The Morgan fingerprint density at radius 3 is 1.97 bits per heavy atom. The van der Waals surface area contributed by atoms with E-state index < -0.39 is 17.0 Å². The molecule has 0 heterocycles. The molecular formula is C32H33NO4S. The molecular weight excluding hydrogens is 494 g/mol. The van der Waals surface area contributed by atoms with Gasteiger partial charge in [-0.3, -0.25) is 0 Å². The summed E-state index contributed by atoms with van der Waals surface area (Å²) < 4.78 is 21.5. The van der Waals surface area contributed by atoms with E-state index in [-0.39, 0.29) is 5.56 Å². The van der Waals surface area contributed by atoms with Crippen molar-refractivity contribution in [3.05, 3.63) is 130 Å². The lowest BCUT2D eigenvalue weighted by atomic mass is 10.1. The lowest BCUT2D eigenvalue weighted by Crippen LogP contribution is -2.28. The van der Waals surface area contributed by atoms with Gasteiger partial charge < -0.3 is 9.84 Å². The number of aryl methyl sites for hydroxylation is 3. The first kappa shape index (κ1) is 27.3. The standard InChI is InChI=1S/C32H33NO4S/c1-23-4-9-27(10-5-23)21-33(38(36)30-17-8-25(3)31(20-30)32(34)35)19-18-26-13-15-29(16-14-26)37-22-28-11-6-24(2)7-12-28/h4-17,20H,18-19,21-22H2,1-3H3,(H,34,35). The highest BCUT2D eigenvalue weighted by atomic mass is 32.2. The summed E-state index contributed by atoms with van der Waals surface area (Å²) in [6.07, 6.45) is 0.688. The molecule has 1 N–H and O–H groups in total. The number of rotatable bonds is 11. The van der Waals surface area contributed by atoms with E-state index in [4.69, 9.17) is 4.74 Å². The van der Waals surface area contributed by atoms with Crippen LogP contribution < -0.4 is 4.74 Å². The van der Waals surface area contributed by atoms with Crippen LogP contribution in [0.1, 0.15) is 43.7 Å². The number of ether oxygens (including phenoxy) is 1. The van der Waals surface area contributed by atoms with Gasteiger partial charge in [0, 0.05) is 13.1 Å². The zero-order valence-corrected chi connectivity index (χ0v) is 22.8. The average Bonchev–Trinajstić information content (AvgIpc) is 2.92. The molecule has 5 nitrogen and oxygen atoms in total. The van der Waals surface area contributed by atoms with Crippen molar-refractivity contribution in [2.45, 2.75) is 45.2 Å². The molecule has 0 amide bonds. The maximum atomic E-state index is 13.6. The minimum absolute atomic E-state index is 0.173. The van der Waals surface area contributed by atoms with Crippen LogP contribution in [0.5, 0.6) is 5.75 Å². The van der Waals surface area contributed by atoms with Crippen LogP contribution in [0.15, 0.2) is 95.9 Å². The third-order valence-corrected chi connectivity index (χ3v) is 7.89. The van der Waals surface area contributed by atoms with Crippen molar-refractivity contribution in [3.63, 3.8) is 0 Å². The van der Waals surface area contributed by atoms with Gasteiger partial charge in [-0.05, 0) is 73.7 Å². The van der Waals surface area contributed by atoms with Crippen LogP contribution in [0.25, 0.3) is 0 Å². The zero-order valence-electron chi connectivity index (χ0n) is 22.0. The summed E-state index contributed by atoms with van der Waals surface area (Å²) in [4.78, 5) is 12.1. The van der Waals surface area contributed by atoms with E-state index in [2.05, 4.69) is 31.2 Å². The smallest absolute Gasteiger partial charge is 0.335 e. The first-order valence-electron chi connectivity index (χ1n) is 12.6. The number of aromatic carboxylic acids is 1. The lowest BCUT2D eigenvalue weighted by molar-refractivity contribution is 0.0696. The second kappa shape index (κ2) is 12.7. The SMILES string of the molecule is Cc1ccc(COc2ccc(CCN(Cc3ccc(C)cc3)S(=O)c3ccc(C)c(C(=O)O)c3)cc2)cc1. The molecule has 0 saturated heterocycles. The summed E-state index contributed by atoms with van der Waals surface area (Å²) in [5.74, 6) is -0.216. The molecule has 4 rings (SSSR count). The van der Waals surface area contributed by atoms with Crippen molar-refractivity contribution >= 4 is 17.0 Å². The molecule has 0 aromatic heterocycles. The molecule has 0 aliphatic heterocycles. The van der Waals surface area contributed by atoms with Crippen molar-refractivity contribution in [2.75, 3.05) is 6.54 Å². The van der Waals surface area contributed by atoms with Gasteiger partial charge in [-0.2, -0.15) is 0 Å².